The summed E-state index contributed by atoms with van der Waals surface area (Å²) in [5.74, 6) is 0.299. The molecular formula is C26H20Cl2IN3O4S. The Kier molecular flexibility index (Phi) is 9.36. The first-order chi connectivity index (χ1) is 17.8. The van der Waals surface area contributed by atoms with E-state index in [-0.39, 0.29) is 18.4 Å². The van der Waals surface area contributed by atoms with E-state index in [1.54, 1.807) is 30.3 Å². The maximum Gasteiger partial charge on any atom is 0.264 e. The molecule has 0 aliphatic carbocycles. The average Bonchev–Trinajstić information content (AvgIpc) is 3.20. The van der Waals surface area contributed by atoms with E-state index in [0.717, 1.165) is 14.8 Å². The molecule has 0 aromatic heterocycles. The number of nitrogens with one attached hydrogen (secondary N) is 2. The van der Waals surface area contributed by atoms with E-state index < -0.39 is 0 Å². The van der Waals surface area contributed by atoms with Gasteiger partial charge in [0.05, 0.1) is 30.8 Å². The normalized spacial score (nSPS) is 15.1. The van der Waals surface area contributed by atoms with Crippen molar-refractivity contribution in [2.75, 3.05) is 18.5 Å². The number of nitrogens with zero attached hydrogens (tertiary/aromatic N) is 1. The molecule has 3 aromatic carbocycles. The fourth-order valence-electron chi connectivity index (χ4n) is 3.23. The van der Waals surface area contributed by atoms with Crippen LogP contribution in [0.25, 0.3) is 6.08 Å². The second-order valence-corrected chi connectivity index (χ2v) is 10.6. The highest BCUT2D eigenvalue weighted by atomic mass is 127. The van der Waals surface area contributed by atoms with Crippen molar-refractivity contribution >= 4 is 92.0 Å². The fourth-order valence-corrected chi connectivity index (χ4v) is 5.16. The maximum absolute atomic E-state index is 12.5. The first-order valence-corrected chi connectivity index (χ1v) is 13.7. The summed E-state index contributed by atoms with van der Waals surface area (Å²) in [4.78, 5) is 29.9. The van der Waals surface area contributed by atoms with Crippen LogP contribution < -0.4 is 20.1 Å². The first kappa shape index (κ1) is 27.3. The Morgan fingerprint density at radius 2 is 1.89 bits per heavy atom. The highest BCUT2D eigenvalue weighted by Gasteiger charge is 2.24. The van der Waals surface area contributed by atoms with Crippen LogP contribution >= 0.6 is 57.6 Å². The second kappa shape index (κ2) is 12.7. The van der Waals surface area contributed by atoms with E-state index in [1.165, 1.54) is 11.8 Å². The third-order valence-corrected chi connectivity index (χ3v) is 7.27. The lowest BCUT2D eigenvalue weighted by Gasteiger charge is -2.15. The molecule has 190 valence electrons. The monoisotopic (exact) mass is 667 g/mol. The van der Waals surface area contributed by atoms with Crippen molar-refractivity contribution in [3.05, 3.63) is 84.7 Å². The van der Waals surface area contributed by atoms with Crippen molar-refractivity contribution in [3.8, 4) is 11.5 Å². The largest absolute Gasteiger partial charge is 0.490 e. The highest BCUT2D eigenvalue weighted by molar-refractivity contribution is 14.1. The summed E-state index contributed by atoms with van der Waals surface area (Å²) in [6.07, 6.45) is 1.76. The van der Waals surface area contributed by atoms with Crippen LogP contribution in [0.2, 0.25) is 10.0 Å². The highest BCUT2D eigenvalue weighted by Crippen LogP contribution is 2.36. The number of thioether (sulfide) groups is 1. The molecule has 0 saturated carbocycles. The third-order valence-electron chi connectivity index (χ3n) is 4.82. The molecule has 37 heavy (non-hydrogen) atoms. The topological polar surface area (TPSA) is 89.0 Å². The number of aliphatic imine (C=N–C) groups is 1. The number of amides is 2. The van der Waals surface area contributed by atoms with E-state index in [0.29, 0.717) is 43.9 Å². The van der Waals surface area contributed by atoms with Crippen molar-refractivity contribution in [1.29, 1.82) is 0 Å². The number of rotatable bonds is 8. The van der Waals surface area contributed by atoms with Crippen LogP contribution in [0.5, 0.6) is 11.5 Å². The predicted molar refractivity (Wildman–Crippen MR) is 158 cm³/mol. The molecule has 1 aliphatic rings. The third kappa shape index (κ3) is 7.41. The van der Waals surface area contributed by atoms with Crippen LogP contribution in [0.15, 0.2) is 70.6 Å². The van der Waals surface area contributed by atoms with Gasteiger partial charge in [-0.25, -0.2) is 4.99 Å². The molecule has 7 nitrogen and oxygen atoms in total. The summed E-state index contributed by atoms with van der Waals surface area (Å²) in [7, 11) is 0. The number of halogens is 3. The number of carbonyl (C=O) groups is 2. The number of para-hydroxylation sites is 1. The van der Waals surface area contributed by atoms with Gasteiger partial charge in [0.1, 0.15) is 0 Å². The molecule has 0 unspecified atom stereocenters. The molecule has 11 heteroatoms. The number of benzene rings is 3. The standard InChI is InChI=1S/C26H20Cl2IN3O4S/c1-2-35-21-11-15(12-22-25(34)32-26(37-22)31-16-6-4-3-5-7-16)10-20(29)24(21)36-14-23(33)30-17-8-9-18(27)19(28)13-17/h3-13H,2,14H2,1H3,(H,30,33)(H,31,32,34)/b22-12+. The molecule has 4 rings (SSSR count). The Morgan fingerprint density at radius 3 is 2.62 bits per heavy atom. The van der Waals surface area contributed by atoms with E-state index >= 15 is 0 Å². The number of ether oxygens (including phenoxy) is 2. The van der Waals surface area contributed by atoms with Crippen LogP contribution in [0.4, 0.5) is 11.4 Å². The first-order valence-electron chi connectivity index (χ1n) is 11.0. The Bertz CT molecular complexity index is 1400. The van der Waals surface area contributed by atoms with E-state index in [9.17, 15) is 9.59 Å². The summed E-state index contributed by atoms with van der Waals surface area (Å²) in [5, 5.41) is 6.75. The summed E-state index contributed by atoms with van der Waals surface area (Å²) in [6.45, 7) is 2.00. The SMILES string of the molecule is CCOc1cc(/C=C2/SC(=Nc3ccccc3)NC2=O)cc(I)c1OCC(=O)Nc1ccc(Cl)c(Cl)c1. The molecular weight excluding hydrogens is 648 g/mol. The molecule has 0 spiro atoms. The van der Waals surface area contributed by atoms with E-state index in [2.05, 4.69) is 38.2 Å². The lowest BCUT2D eigenvalue weighted by molar-refractivity contribution is -0.118. The van der Waals surface area contributed by atoms with Gasteiger partial charge in [0.25, 0.3) is 11.8 Å². The van der Waals surface area contributed by atoms with E-state index in [1.807, 2.05) is 43.3 Å². The molecule has 1 aliphatic heterocycles. The molecule has 2 amide bonds. The van der Waals surface area contributed by atoms with Crippen LogP contribution in [0.3, 0.4) is 0 Å². The predicted octanol–water partition coefficient (Wildman–Crippen LogP) is 6.91. The number of hydrogen-bond donors (Lipinski definition) is 2. The van der Waals surface area contributed by atoms with Crippen LogP contribution in [-0.4, -0.2) is 30.2 Å². The number of amidine groups is 1. The average molecular weight is 668 g/mol. The Morgan fingerprint density at radius 1 is 1.11 bits per heavy atom. The molecule has 0 bridgehead atoms. The fraction of sp³-hybridized carbons (Fsp3) is 0.115. The smallest absolute Gasteiger partial charge is 0.264 e. The molecule has 1 saturated heterocycles. The zero-order valence-corrected chi connectivity index (χ0v) is 23.9. The van der Waals surface area contributed by atoms with Crippen LogP contribution in [-0.2, 0) is 9.59 Å². The van der Waals surface area contributed by atoms with Crippen LogP contribution in [0.1, 0.15) is 12.5 Å². The summed E-state index contributed by atoms with van der Waals surface area (Å²) >= 11 is 15.3. The minimum Gasteiger partial charge on any atom is -0.490 e. The van der Waals surface area contributed by atoms with Crippen molar-refractivity contribution in [1.82, 2.24) is 5.32 Å². The zero-order chi connectivity index (χ0) is 26.4. The van der Waals surface area contributed by atoms with Crippen molar-refractivity contribution in [2.24, 2.45) is 4.99 Å². The van der Waals surface area contributed by atoms with Gasteiger partial charge < -0.3 is 20.1 Å². The van der Waals surface area contributed by atoms with Gasteiger partial charge in [0.2, 0.25) is 0 Å². The van der Waals surface area contributed by atoms with Crippen LogP contribution in [0, 0.1) is 3.57 Å². The van der Waals surface area contributed by atoms with Gasteiger partial charge in [-0.1, -0.05) is 41.4 Å². The van der Waals surface area contributed by atoms with Gasteiger partial charge in [-0.05, 0) is 95.4 Å². The second-order valence-electron chi connectivity index (χ2n) is 7.55. The van der Waals surface area contributed by atoms with Gasteiger partial charge in [-0.2, -0.15) is 0 Å². The quantitative estimate of drug-likeness (QED) is 0.201. The van der Waals surface area contributed by atoms with Gasteiger partial charge in [-0.15, -0.1) is 0 Å². The molecule has 0 atom stereocenters. The summed E-state index contributed by atoms with van der Waals surface area (Å²) in [5.41, 5.74) is 2.01. The zero-order valence-electron chi connectivity index (χ0n) is 19.4. The molecule has 1 heterocycles. The molecule has 1 fully saturated rings. The molecule has 2 N–H and O–H groups in total. The summed E-state index contributed by atoms with van der Waals surface area (Å²) in [6, 6.07) is 17.8. The Balaban J connectivity index is 1.48. The van der Waals surface area contributed by atoms with Crippen molar-refractivity contribution in [3.63, 3.8) is 0 Å². The minimum absolute atomic E-state index is 0.230. The lowest BCUT2D eigenvalue weighted by Crippen LogP contribution is -2.20. The van der Waals surface area contributed by atoms with Gasteiger partial charge >= 0.3 is 0 Å². The number of hydrogen-bond acceptors (Lipinski definition) is 6. The summed E-state index contributed by atoms with van der Waals surface area (Å²) < 4.78 is 12.3. The Hall–Kier alpha value is -2.73. The Labute approximate surface area is 241 Å². The number of carbonyl (C=O) groups excluding carboxylic acids is 2. The molecule has 0 radical (unpaired) electrons. The van der Waals surface area contributed by atoms with Gasteiger partial charge in [0.15, 0.2) is 23.3 Å². The maximum atomic E-state index is 12.5. The van der Waals surface area contributed by atoms with Gasteiger partial charge in [0, 0.05) is 5.69 Å². The van der Waals surface area contributed by atoms with Crippen molar-refractivity contribution in [2.45, 2.75) is 6.92 Å². The van der Waals surface area contributed by atoms with Gasteiger partial charge in [-0.3, -0.25) is 9.59 Å². The van der Waals surface area contributed by atoms with Crippen molar-refractivity contribution < 1.29 is 19.1 Å². The lowest BCUT2D eigenvalue weighted by atomic mass is 10.2. The molecule has 3 aromatic rings. The minimum atomic E-state index is -0.368. The van der Waals surface area contributed by atoms with E-state index in [4.69, 9.17) is 32.7 Å². The number of anilines is 1.